The van der Waals surface area contributed by atoms with Crippen molar-refractivity contribution in [3.63, 3.8) is 0 Å². The average molecular weight is 255 g/mol. The predicted molar refractivity (Wildman–Crippen MR) is 70.9 cm³/mol. The molecule has 1 heterocycles. The van der Waals surface area contributed by atoms with E-state index in [9.17, 15) is 9.59 Å². The number of nitrogens with one attached hydrogen (secondary N) is 1. The van der Waals surface area contributed by atoms with Crippen molar-refractivity contribution in [1.29, 1.82) is 0 Å². The Balaban J connectivity index is 2.27. The van der Waals surface area contributed by atoms with Gasteiger partial charge in [-0.2, -0.15) is 0 Å². The molecule has 1 fully saturated rings. The molecule has 0 aromatic carbocycles. The third-order valence-electron chi connectivity index (χ3n) is 3.02. The summed E-state index contributed by atoms with van der Waals surface area (Å²) in [5, 5.41) is 3.07. The Hall–Kier alpha value is -1.10. The van der Waals surface area contributed by atoms with Crippen LogP contribution < -0.4 is 11.1 Å². The predicted octanol–water partition coefficient (Wildman–Crippen LogP) is 0.489. The Bertz CT molecular complexity index is 302. The summed E-state index contributed by atoms with van der Waals surface area (Å²) in [5.74, 6) is -0.166. The van der Waals surface area contributed by atoms with Crippen LogP contribution >= 0.6 is 0 Å². The minimum Gasteiger partial charge on any atom is -0.369 e. The van der Waals surface area contributed by atoms with E-state index in [0.717, 1.165) is 25.9 Å². The largest absolute Gasteiger partial charge is 0.369 e. The summed E-state index contributed by atoms with van der Waals surface area (Å²) in [6.45, 7) is 8.14. The van der Waals surface area contributed by atoms with Crippen molar-refractivity contribution in [2.75, 3.05) is 19.6 Å². The highest BCUT2D eigenvalue weighted by Crippen LogP contribution is 2.18. The van der Waals surface area contributed by atoms with Crippen LogP contribution in [0.3, 0.4) is 0 Å². The monoisotopic (exact) mass is 255 g/mol. The average Bonchev–Trinajstić information content (AvgIpc) is 2.17. The molecule has 0 atom stereocenters. The van der Waals surface area contributed by atoms with Crippen LogP contribution in [-0.2, 0) is 9.59 Å². The van der Waals surface area contributed by atoms with Crippen molar-refractivity contribution < 1.29 is 9.59 Å². The summed E-state index contributed by atoms with van der Waals surface area (Å²) < 4.78 is 0. The molecular formula is C13H25N3O2. The van der Waals surface area contributed by atoms with Gasteiger partial charge in [0.05, 0.1) is 6.54 Å². The summed E-state index contributed by atoms with van der Waals surface area (Å²) in [5.41, 5.74) is 5.18. The maximum absolute atomic E-state index is 11.8. The van der Waals surface area contributed by atoms with Gasteiger partial charge in [-0.1, -0.05) is 20.8 Å². The first-order valence-electron chi connectivity index (χ1n) is 6.56. The summed E-state index contributed by atoms with van der Waals surface area (Å²) in [6.07, 6.45) is 2.33. The van der Waals surface area contributed by atoms with Gasteiger partial charge >= 0.3 is 0 Å². The van der Waals surface area contributed by atoms with Gasteiger partial charge in [0.25, 0.3) is 0 Å². The molecule has 0 bridgehead atoms. The van der Waals surface area contributed by atoms with E-state index < -0.39 is 0 Å². The number of carbonyl (C=O) groups excluding carboxylic acids is 2. The number of hydrogen-bond donors (Lipinski definition) is 2. The van der Waals surface area contributed by atoms with E-state index in [4.69, 9.17) is 5.73 Å². The smallest absolute Gasteiger partial charge is 0.231 e. The highest BCUT2D eigenvalue weighted by molar-refractivity contribution is 5.77. The zero-order chi connectivity index (χ0) is 13.8. The third kappa shape index (κ3) is 6.00. The van der Waals surface area contributed by atoms with Gasteiger partial charge in [0.1, 0.15) is 0 Å². The van der Waals surface area contributed by atoms with E-state index in [1.807, 2.05) is 4.90 Å². The van der Waals surface area contributed by atoms with Crippen LogP contribution in [0.2, 0.25) is 0 Å². The number of nitrogens with two attached hydrogens (primary N) is 1. The first kappa shape index (κ1) is 15.0. The van der Waals surface area contributed by atoms with E-state index in [-0.39, 0.29) is 23.3 Å². The van der Waals surface area contributed by atoms with Gasteiger partial charge in [-0.25, -0.2) is 0 Å². The third-order valence-corrected chi connectivity index (χ3v) is 3.02. The quantitative estimate of drug-likeness (QED) is 0.767. The fourth-order valence-corrected chi connectivity index (χ4v) is 2.22. The van der Waals surface area contributed by atoms with Crippen molar-refractivity contribution in [2.45, 2.75) is 46.1 Å². The minimum atomic E-state index is -0.287. The highest BCUT2D eigenvalue weighted by Gasteiger charge is 2.23. The lowest BCUT2D eigenvalue weighted by Gasteiger charge is -2.32. The van der Waals surface area contributed by atoms with Gasteiger partial charge in [-0.15, -0.1) is 0 Å². The minimum absolute atomic E-state index is 0.0246. The molecular weight excluding hydrogens is 230 g/mol. The molecule has 1 rings (SSSR count). The Morgan fingerprint density at radius 1 is 1.28 bits per heavy atom. The zero-order valence-electron chi connectivity index (χ0n) is 11.7. The Morgan fingerprint density at radius 3 is 2.28 bits per heavy atom. The molecule has 0 spiro atoms. The van der Waals surface area contributed by atoms with Gasteiger partial charge < -0.3 is 11.1 Å². The molecule has 0 unspecified atom stereocenters. The standard InChI is InChI=1S/C13H25N3O2/c1-13(2,3)8-12(18)15-10-4-6-16(7-5-10)9-11(14)17/h10H,4-9H2,1-3H3,(H2,14,17)(H,15,18). The van der Waals surface area contributed by atoms with Crippen molar-refractivity contribution in [2.24, 2.45) is 11.1 Å². The van der Waals surface area contributed by atoms with Crippen LogP contribution in [0.4, 0.5) is 0 Å². The second-order valence-electron chi connectivity index (χ2n) is 6.32. The first-order valence-corrected chi connectivity index (χ1v) is 6.56. The summed E-state index contributed by atoms with van der Waals surface area (Å²) >= 11 is 0. The number of nitrogens with zero attached hydrogens (tertiary/aromatic N) is 1. The van der Waals surface area contributed by atoms with Gasteiger partial charge in [-0.3, -0.25) is 14.5 Å². The van der Waals surface area contributed by atoms with Crippen molar-refractivity contribution in [3.8, 4) is 0 Å². The van der Waals surface area contributed by atoms with Crippen LogP contribution in [0.25, 0.3) is 0 Å². The number of piperidine rings is 1. The topological polar surface area (TPSA) is 75.4 Å². The van der Waals surface area contributed by atoms with Crippen LogP contribution in [0.1, 0.15) is 40.0 Å². The maximum Gasteiger partial charge on any atom is 0.231 e. The number of carbonyl (C=O) groups is 2. The van der Waals surface area contributed by atoms with Crippen molar-refractivity contribution in [1.82, 2.24) is 10.2 Å². The SMILES string of the molecule is CC(C)(C)CC(=O)NC1CCN(CC(N)=O)CC1. The number of amides is 2. The summed E-state index contributed by atoms with van der Waals surface area (Å²) in [4.78, 5) is 24.6. The van der Waals surface area contributed by atoms with Crippen LogP contribution in [-0.4, -0.2) is 42.4 Å². The lowest BCUT2D eigenvalue weighted by molar-refractivity contribution is -0.124. The van der Waals surface area contributed by atoms with E-state index >= 15 is 0 Å². The molecule has 0 saturated carbocycles. The Labute approximate surface area is 109 Å². The first-order chi connectivity index (χ1) is 8.26. The number of likely N-dealkylation sites (tertiary alicyclic amines) is 1. The van der Waals surface area contributed by atoms with Gasteiger partial charge in [0.2, 0.25) is 11.8 Å². The number of rotatable bonds is 4. The Morgan fingerprint density at radius 2 is 1.83 bits per heavy atom. The molecule has 104 valence electrons. The fourth-order valence-electron chi connectivity index (χ4n) is 2.22. The molecule has 0 aromatic heterocycles. The van der Waals surface area contributed by atoms with Crippen LogP contribution in [0.15, 0.2) is 0 Å². The van der Waals surface area contributed by atoms with Crippen LogP contribution in [0.5, 0.6) is 0 Å². The Kier molecular flexibility index (Phi) is 5.14. The van der Waals surface area contributed by atoms with Crippen molar-refractivity contribution >= 4 is 11.8 Å². The number of hydrogen-bond acceptors (Lipinski definition) is 3. The molecule has 3 N–H and O–H groups in total. The molecule has 5 nitrogen and oxygen atoms in total. The maximum atomic E-state index is 11.8. The van der Waals surface area contributed by atoms with E-state index in [2.05, 4.69) is 26.1 Å². The lowest BCUT2D eigenvalue weighted by atomic mass is 9.91. The van der Waals surface area contributed by atoms with Gasteiger partial charge in [-0.05, 0) is 18.3 Å². The zero-order valence-corrected chi connectivity index (χ0v) is 11.7. The number of primary amides is 1. The molecule has 2 amide bonds. The highest BCUT2D eigenvalue weighted by atomic mass is 16.2. The summed E-state index contributed by atoms with van der Waals surface area (Å²) in [7, 11) is 0. The molecule has 0 aromatic rings. The van der Waals surface area contributed by atoms with Crippen molar-refractivity contribution in [3.05, 3.63) is 0 Å². The van der Waals surface area contributed by atoms with Crippen LogP contribution in [0, 0.1) is 5.41 Å². The molecule has 1 aliphatic heterocycles. The van der Waals surface area contributed by atoms with E-state index in [1.165, 1.54) is 0 Å². The van der Waals surface area contributed by atoms with E-state index in [0.29, 0.717) is 13.0 Å². The fraction of sp³-hybridized carbons (Fsp3) is 0.846. The molecule has 1 aliphatic rings. The normalized spacial score (nSPS) is 18.6. The second kappa shape index (κ2) is 6.18. The molecule has 5 heteroatoms. The molecule has 0 aliphatic carbocycles. The second-order valence-corrected chi connectivity index (χ2v) is 6.32. The van der Waals surface area contributed by atoms with E-state index in [1.54, 1.807) is 0 Å². The molecule has 18 heavy (non-hydrogen) atoms. The molecule has 0 radical (unpaired) electrons. The van der Waals surface area contributed by atoms with Gasteiger partial charge in [0, 0.05) is 25.6 Å². The molecule has 1 saturated heterocycles. The van der Waals surface area contributed by atoms with Gasteiger partial charge in [0.15, 0.2) is 0 Å². The summed E-state index contributed by atoms with van der Waals surface area (Å²) in [6, 6.07) is 0.240. The lowest BCUT2D eigenvalue weighted by Crippen LogP contribution is -2.47.